The minimum Gasteiger partial charge on any atom is -0.397 e. The second kappa shape index (κ2) is 6.83. The van der Waals surface area contributed by atoms with Crippen molar-refractivity contribution in [3.63, 3.8) is 0 Å². The normalized spacial score (nSPS) is 17.1. The predicted octanol–water partition coefficient (Wildman–Crippen LogP) is 2.43. The number of nitrogens with one attached hydrogen (secondary N) is 1. The molecule has 1 unspecified atom stereocenters. The molecule has 6 heteroatoms. The summed E-state index contributed by atoms with van der Waals surface area (Å²) in [4.78, 5) is 11.8. The third-order valence-electron chi connectivity index (χ3n) is 3.49. The van der Waals surface area contributed by atoms with Crippen molar-refractivity contribution in [3.05, 3.63) is 24.0 Å². The standard InChI is InChI=1S/C14H19FN2O2S/c15-10-5-6-13(12(16)9-10)17-14(18)7-8-20(19)11-3-1-2-4-11/h5-6,9,11H,1-4,7-8,16H2,(H,17,18). The van der Waals surface area contributed by atoms with E-state index < -0.39 is 16.6 Å². The Hall–Kier alpha value is -1.43. The van der Waals surface area contributed by atoms with Crippen molar-refractivity contribution in [2.75, 3.05) is 16.8 Å². The van der Waals surface area contributed by atoms with Gasteiger partial charge in [0, 0.05) is 28.2 Å². The van der Waals surface area contributed by atoms with Crippen LogP contribution in [0.25, 0.3) is 0 Å². The van der Waals surface area contributed by atoms with Gasteiger partial charge in [-0.3, -0.25) is 9.00 Å². The molecule has 1 amide bonds. The second-order valence-electron chi connectivity index (χ2n) is 5.02. The molecule has 1 aliphatic rings. The van der Waals surface area contributed by atoms with E-state index in [1.165, 1.54) is 12.1 Å². The van der Waals surface area contributed by atoms with Gasteiger partial charge < -0.3 is 11.1 Å². The molecule has 1 saturated carbocycles. The van der Waals surface area contributed by atoms with Crippen LogP contribution < -0.4 is 11.1 Å². The summed E-state index contributed by atoms with van der Waals surface area (Å²) in [6.45, 7) is 0. The molecule has 1 aliphatic carbocycles. The molecule has 110 valence electrons. The molecule has 0 bridgehead atoms. The first kappa shape index (κ1) is 15.0. The Morgan fingerprint density at radius 1 is 1.40 bits per heavy atom. The molecule has 1 fully saturated rings. The molecule has 0 saturated heterocycles. The van der Waals surface area contributed by atoms with Crippen LogP contribution in [0, 0.1) is 5.82 Å². The van der Waals surface area contributed by atoms with Gasteiger partial charge in [0.15, 0.2) is 0 Å². The average molecular weight is 298 g/mol. The maximum Gasteiger partial charge on any atom is 0.225 e. The lowest BCUT2D eigenvalue weighted by Gasteiger charge is -2.10. The molecule has 2 rings (SSSR count). The summed E-state index contributed by atoms with van der Waals surface area (Å²) >= 11 is 0. The van der Waals surface area contributed by atoms with E-state index in [9.17, 15) is 13.4 Å². The van der Waals surface area contributed by atoms with Crippen LogP contribution in [0.1, 0.15) is 32.1 Å². The Morgan fingerprint density at radius 2 is 2.10 bits per heavy atom. The van der Waals surface area contributed by atoms with Crippen LogP contribution in [-0.4, -0.2) is 21.1 Å². The summed E-state index contributed by atoms with van der Waals surface area (Å²) in [5.41, 5.74) is 6.19. The zero-order chi connectivity index (χ0) is 14.5. The molecule has 1 aromatic rings. The fourth-order valence-corrected chi connectivity index (χ4v) is 3.95. The van der Waals surface area contributed by atoms with Crippen molar-refractivity contribution in [3.8, 4) is 0 Å². The van der Waals surface area contributed by atoms with E-state index in [1.807, 2.05) is 0 Å². The SMILES string of the molecule is Nc1cc(F)ccc1NC(=O)CCS(=O)C1CCCC1. The van der Waals surface area contributed by atoms with Crippen LogP contribution in [0.3, 0.4) is 0 Å². The zero-order valence-electron chi connectivity index (χ0n) is 11.2. The quantitative estimate of drug-likeness (QED) is 0.820. The Morgan fingerprint density at radius 3 is 2.75 bits per heavy atom. The number of carbonyl (C=O) groups excluding carboxylic acids is 1. The summed E-state index contributed by atoms with van der Waals surface area (Å²) in [6.07, 6.45) is 4.46. The summed E-state index contributed by atoms with van der Waals surface area (Å²) in [7, 11) is -0.935. The van der Waals surface area contributed by atoms with Crippen LogP contribution in [-0.2, 0) is 15.6 Å². The number of nitrogens with two attached hydrogens (primary N) is 1. The molecule has 1 atom stereocenters. The lowest BCUT2D eigenvalue weighted by atomic mass is 10.2. The maximum absolute atomic E-state index is 12.9. The van der Waals surface area contributed by atoms with Gasteiger partial charge in [-0.2, -0.15) is 0 Å². The Bertz CT molecular complexity index is 516. The maximum atomic E-state index is 12.9. The van der Waals surface area contributed by atoms with Gasteiger partial charge in [0.25, 0.3) is 0 Å². The molecule has 0 heterocycles. The smallest absolute Gasteiger partial charge is 0.225 e. The van der Waals surface area contributed by atoms with Crippen molar-refractivity contribution in [2.24, 2.45) is 0 Å². The highest BCUT2D eigenvalue weighted by Crippen LogP contribution is 2.23. The molecule has 0 aromatic heterocycles. The third-order valence-corrected chi connectivity index (χ3v) is 5.31. The Kier molecular flexibility index (Phi) is 5.11. The molecule has 0 spiro atoms. The molecular formula is C14H19FN2O2S. The van der Waals surface area contributed by atoms with E-state index in [-0.39, 0.29) is 23.3 Å². The van der Waals surface area contributed by atoms with E-state index in [1.54, 1.807) is 0 Å². The number of anilines is 2. The van der Waals surface area contributed by atoms with Crippen LogP contribution in [0.15, 0.2) is 18.2 Å². The average Bonchev–Trinajstić information content (AvgIpc) is 2.93. The molecule has 1 aromatic carbocycles. The van der Waals surface area contributed by atoms with Gasteiger partial charge in [0.1, 0.15) is 5.82 Å². The van der Waals surface area contributed by atoms with Crippen LogP contribution >= 0.6 is 0 Å². The summed E-state index contributed by atoms with van der Waals surface area (Å²) in [5, 5.41) is 2.87. The van der Waals surface area contributed by atoms with E-state index in [0.717, 1.165) is 31.7 Å². The molecule has 20 heavy (non-hydrogen) atoms. The topological polar surface area (TPSA) is 72.2 Å². The first-order valence-corrected chi connectivity index (χ1v) is 8.16. The predicted molar refractivity (Wildman–Crippen MR) is 79.3 cm³/mol. The fourth-order valence-electron chi connectivity index (χ4n) is 2.37. The number of halogens is 1. The molecule has 0 radical (unpaired) electrons. The molecular weight excluding hydrogens is 279 g/mol. The molecule has 0 aliphatic heterocycles. The number of rotatable bonds is 5. The third kappa shape index (κ3) is 4.03. The number of hydrogen-bond donors (Lipinski definition) is 2. The first-order chi connectivity index (χ1) is 9.56. The van der Waals surface area contributed by atoms with Gasteiger partial charge in [-0.25, -0.2) is 4.39 Å². The van der Waals surface area contributed by atoms with E-state index in [2.05, 4.69) is 5.32 Å². The van der Waals surface area contributed by atoms with Crippen molar-refractivity contribution >= 4 is 28.1 Å². The molecule has 4 nitrogen and oxygen atoms in total. The summed E-state index contributed by atoms with van der Waals surface area (Å²) < 4.78 is 24.8. The minimum atomic E-state index is -0.935. The van der Waals surface area contributed by atoms with Gasteiger partial charge in [-0.05, 0) is 31.0 Å². The highest BCUT2D eigenvalue weighted by atomic mass is 32.2. The second-order valence-corrected chi connectivity index (χ2v) is 6.86. The monoisotopic (exact) mass is 298 g/mol. The number of nitrogen functional groups attached to an aromatic ring is 1. The highest BCUT2D eigenvalue weighted by molar-refractivity contribution is 7.85. The molecule has 3 N–H and O–H groups in total. The lowest BCUT2D eigenvalue weighted by Crippen LogP contribution is -2.20. The van der Waals surface area contributed by atoms with E-state index in [0.29, 0.717) is 11.4 Å². The van der Waals surface area contributed by atoms with E-state index >= 15 is 0 Å². The van der Waals surface area contributed by atoms with Gasteiger partial charge >= 0.3 is 0 Å². The highest BCUT2D eigenvalue weighted by Gasteiger charge is 2.21. The number of carbonyl (C=O) groups is 1. The van der Waals surface area contributed by atoms with Gasteiger partial charge in [-0.15, -0.1) is 0 Å². The minimum absolute atomic E-state index is 0.190. The van der Waals surface area contributed by atoms with Crippen molar-refractivity contribution < 1.29 is 13.4 Å². The van der Waals surface area contributed by atoms with Crippen molar-refractivity contribution in [2.45, 2.75) is 37.4 Å². The van der Waals surface area contributed by atoms with Crippen LogP contribution in [0.2, 0.25) is 0 Å². The Balaban J connectivity index is 1.81. The summed E-state index contributed by atoms with van der Waals surface area (Å²) in [5.74, 6) is -0.310. The largest absolute Gasteiger partial charge is 0.397 e. The van der Waals surface area contributed by atoms with Crippen molar-refractivity contribution in [1.82, 2.24) is 0 Å². The first-order valence-electron chi connectivity index (χ1n) is 6.78. The zero-order valence-corrected chi connectivity index (χ0v) is 12.0. The van der Waals surface area contributed by atoms with Crippen molar-refractivity contribution in [1.29, 1.82) is 0 Å². The van der Waals surface area contributed by atoms with Crippen LogP contribution in [0.4, 0.5) is 15.8 Å². The van der Waals surface area contributed by atoms with E-state index in [4.69, 9.17) is 5.73 Å². The lowest BCUT2D eigenvalue weighted by molar-refractivity contribution is -0.115. The summed E-state index contributed by atoms with van der Waals surface area (Å²) in [6, 6.07) is 3.82. The van der Waals surface area contributed by atoms with Gasteiger partial charge in [-0.1, -0.05) is 12.8 Å². The Labute approximate surface area is 120 Å². The number of benzene rings is 1. The number of amides is 1. The number of hydrogen-bond acceptors (Lipinski definition) is 3. The van der Waals surface area contributed by atoms with Crippen LogP contribution in [0.5, 0.6) is 0 Å². The van der Waals surface area contributed by atoms with Gasteiger partial charge in [0.2, 0.25) is 5.91 Å². The fraction of sp³-hybridized carbons (Fsp3) is 0.500. The van der Waals surface area contributed by atoms with Gasteiger partial charge in [0.05, 0.1) is 11.4 Å².